The van der Waals surface area contributed by atoms with E-state index >= 15 is 0 Å². The molecule has 0 fully saturated rings. The van der Waals surface area contributed by atoms with Gasteiger partial charge >= 0.3 is 12.1 Å². The van der Waals surface area contributed by atoms with Crippen LogP contribution in [0.2, 0.25) is 0 Å². The fourth-order valence-corrected chi connectivity index (χ4v) is 1.88. The van der Waals surface area contributed by atoms with E-state index in [1.165, 1.54) is 12.1 Å². The molecule has 1 aromatic rings. The molecule has 5 heteroatoms. The average molecular weight is 312 g/mol. The summed E-state index contributed by atoms with van der Waals surface area (Å²) < 4.78 is 43.9. The van der Waals surface area contributed by atoms with Crippen LogP contribution in [0.1, 0.15) is 49.5 Å². The van der Waals surface area contributed by atoms with E-state index in [4.69, 9.17) is 4.74 Å². The van der Waals surface area contributed by atoms with Crippen molar-refractivity contribution in [3.63, 3.8) is 0 Å². The maximum atomic E-state index is 12.9. The van der Waals surface area contributed by atoms with Gasteiger partial charge in [-0.1, -0.05) is 44.7 Å². The minimum atomic E-state index is -4.60. The zero-order valence-electron chi connectivity index (χ0n) is 12.8. The first-order chi connectivity index (χ1) is 10.3. The molecule has 0 amide bonds. The van der Waals surface area contributed by atoms with Gasteiger partial charge in [-0.05, 0) is 24.5 Å². The third kappa shape index (κ3) is 5.44. The summed E-state index contributed by atoms with van der Waals surface area (Å²) in [6.07, 6.45) is -4.23. The van der Waals surface area contributed by atoms with Gasteiger partial charge in [-0.15, -0.1) is 0 Å². The number of ether oxygens (including phenoxy) is 1. The van der Waals surface area contributed by atoms with Crippen LogP contribution >= 0.6 is 0 Å². The minimum Gasteiger partial charge on any atom is -0.446 e. The van der Waals surface area contributed by atoms with Crippen LogP contribution in [-0.4, -0.2) is 12.1 Å². The number of alkyl halides is 3. The van der Waals surface area contributed by atoms with E-state index in [9.17, 15) is 18.0 Å². The van der Waals surface area contributed by atoms with Crippen molar-refractivity contribution in [2.24, 2.45) is 5.92 Å². The quantitative estimate of drug-likeness (QED) is 0.595. The number of carbonyl (C=O) groups is 1. The lowest BCUT2D eigenvalue weighted by Crippen LogP contribution is -2.21. The molecule has 0 aliphatic carbocycles. The average Bonchev–Trinajstić information content (AvgIpc) is 2.43. The van der Waals surface area contributed by atoms with Crippen LogP contribution in [0.5, 0.6) is 0 Å². The molecule has 0 radical (unpaired) electrons. The van der Waals surface area contributed by atoms with Crippen molar-refractivity contribution in [3.05, 3.63) is 35.4 Å². The second kappa shape index (κ2) is 7.88. The summed E-state index contributed by atoms with van der Waals surface area (Å²) in [6.45, 7) is 5.70. The van der Waals surface area contributed by atoms with Crippen LogP contribution < -0.4 is 0 Å². The molecule has 0 heterocycles. The van der Waals surface area contributed by atoms with Gasteiger partial charge in [-0.2, -0.15) is 13.2 Å². The third-order valence-corrected chi connectivity index (χ3v) is 2.83. The monoisotopic (exact) mass is 312 g/mol. The maximum Gasteiger partial charge on any atom is 0.417 e. The molecule has 1 unspecified atom stereocenters. The Morgan fingerprint density at radius 1 is 1.27 bits per heavy atom. The molecule has 0 aliphatic heterocycles. The standard InChI is InChI=1S/C17H19F3O2/c1-4-5-8-13(11-12(2)3)22-16(21)14-9-6-7-10-15(14)17(18,19)20/h6-7,9-10,12-13H,4,11H2,1-3H3. The predicted octanol–water partition coefficient (Wildman–Crippen LogP) is 4.69. The molecule has 22 heavy (non-hydrogen) atoms. The van der Waals surface area contributed by atoms with Crippen molar-refractivity contribution in [1.82, 2.24) is 0 Å². The molecule has 1 rings (SSSR count). The van der Waals surface area contributed by atoms with Gasteiger partial charge in [0.05, 0.1) is 11.1 Å². The van der Waals surface area contributed by atoms with Crippen molar-refractivity contribution in [2.45, 2.75) is 45.9 Å². The number of hydrogen-bond donors (Lipinski definition) is 0. The fraction of sp³-hybridized carbons (Fsp3) is 0.471. The number of esters is 1. The van der Waals surface area contributed by atoms with Gasteiger partial charge in [-0.25, -0.2) is 4.79 Å². The molecule has 0 spiro atoms. The Kier molecular flexibility index (Phi) is 6.48. The Balaban J connectivity index is 3.00. The lowest BCUT2D eigenvalue weighted by atomic mass is 10.1. The van der Waals surface area contributed by atoms with Crippen LogP contribution in [0.25, 0.3) is 0 Å². The van der Waals surface area contributed by atoms with Crippen LogP contribution in [0.15, 0.2) is 24.3 Å². The topological polar surface area (TPSA) is 26.3 Å². The van der Waals surface area contributed by atoms with E-state index in [1.54, 1.807) is 0 Å². The van der Waals surface area contributed by atoms with Gasteiger partial charge in [-0.3, -0.25) is 0 Å². The number of carbonyl (C=O) groups excluding carboxylic acids is 1. The van der Waals surface area contributed by atoms with Gasteiger partial charge in [0.15, 0.2) is 6.10 Å². The second-order valence-electron chi connectivity index (χ2n) is 5.24. The highest BCUT2D eigenvalue weighted by Crippen LogP contribution is 2.32. The van der Waals surface area contributed by atoms with Gasteiger partial charge in [0.2, 0.25) is 0 Å². The Morgan fingerprint density at radius 3 is 2.45 bits per heavy atom. The smallest absolute Gasteiger partial charge is 0.417 e. The highest BCUT2D eigenvalue weighted by molar-refractivity contribution is 5.91. The van der Waals surface area contributed by atoms with E-state index in [1.807, 2.05) is 20.8 Å². The van der Waals surface area contributed by atoms with Crippen molar-refractivity contribution >= 4 is 5.97 Å². The molecular formula is C17H19F3O2. The van der Waals surface area contributed by atoms with E-state index in [-0.39, 0.29) is 5.92 Å². The van der Waals surface area contributed by atoms with Crippen molar-refractivity contribution in [2.75, 3.05) is 0 Å². The lowest BCUT2D eigenvalue weighted by molar-refractivity contribution is -0.138. The molecule has 0 bridgehead atoms. The zero-order valence-corrected chi connectivity index (χ0v) is 12.8. The molecule has 120 valence electrons. The maximum absolute atomic E-state index is 12.9. The lowest BCUT2D eigenvalue weighted by Gasteiger charge is -2.17. The minimum absolute atomic E-state index is 0.210. The summed E-state index contributed by atoms with van der Waals surface area (Å²) in [5.74, 6) is 4.80. The summed E-state index contributed by atoms with van der Waals surface area (Å²) >= 11 is 0. The van der Waals surface area contributed by atoms with Crippen LogP contribution in [0.3, 0.4) is 0 Å². The first-order valence-electron chi connectivity index (χ1n) is 7.11. The van der Waals surface area contributed by atoms with Crippen LogP contribution in [0, 0.1) is 17.8 Å². The van der Waals surface area contributed by atoms with E-state index in [2.05, 4.69) is 11.8 Å². The highest BCUT2D eigenvalue weighted by atomic mass is 19.4. The highest BCUT2D eigenvalue weighted by Gasteiger charge is 2.35. The summed E-state index contributed by atoms with van der Waals surface area (Å²) in [4.78, 5) is 12.1. The number of halogens is 3. The largest absolute Gasteiger partial charge is 0.446 e. The van der Waals surface area contributed by atoms with Crippen molar-refractivity contribution in [3.8, 4) is 11.8 Å². The molecule has 1 aromatic carbocycles. The normalized spacial score (nSPS) is 12.5. The summed E-state index contributed by atoms with van der Waals surface area (Å²) in [7, 11) is 0. The van der Waals surface area contributed by atoms with Crippen molar-refractivity contribution in [1.29, 1.82) is 0 Å². The molecule has 0 N–H and O–H groups in total. The Bertz CT molecular complexity index is 565. The number of benzene rings is 1. The van der Waals surface area contributed by atoms with E-state index in [0.717, 1.165) is 12.1 Å². The molecule has 0 saturated carbocycles. The Hall–Kier alpha value is -1.96. The van der Waals surface area contributed by atoms with E-state index in [0.29, 0.717) is 12.8 Å². The van der Waals surface area contributed by atoms with Crippen LogP contribution in [-0.2, 0) is 10.9 Å². The molecule has 0 aliphatic rings. The predicted molar refractivity (Wildman–Crippen MR) is 78.2 cm³/mol. The van der Waals surface area contributed by atoms with Crippen molar-refractivity contribution < 1.29 is 22.7 Å². The van der Waals surface area contributed by atoms with Crippen LogP contribution in [0.4, 0.5) is 13.2 Å². The van der Waals surface area contributed by atoms with Gasteiger partial charge < -0.3 is 4.74 Å². The Morgan fingerprint density at radius 2 is 1.91 bits per heavy atom. The first-order valence-corrected chi connectivity index (χ1v) is 7.11. The van der Waals surface area contributed by atoms with Gasteiger partial charge in [0.25, 0.3) is 0 Å². The summed E-state index contributed by atoms with van der Waals surface area (Å²) in [6, 6.07) is 4.60. The number of hydrogen-bond acceptors (Lipinski definition) is 2. The third-order valence-electron chi connectivity index (χ3n) is 2.83. The molecule has 2 nitrogen and oxygen atoms in total. The molecule has 0 saturated heterocycles. The summed E-state index contributed by atoms with van der Waals surface area (Å²) in [5.41, 5.74) is -1.48. The molecule has 1 atom stereocenters. The summed E-state index contributed by atoms with van der Waals surface area (Å²) in [5, 5.41) is 0. The fourth-order valence-electron chi connectivity index (χ4n) is 1.88. The molecular weight excluding hydrogens is 293 g/mol. The SMILES string of the molecule is CCC#CC(CC(C)C)OC(=O)c1ccccc1C(F)(F)F. The van der Waals surface area contributed by atoms with Gasteiger partial charge in [0.1, 0.15) is 0 Å². The first kappa shape index (κ1) is 18.1. The number of rotatable bonds is 4. The van der Waals surface area contributed by atoms with Gasteiger partial charge in [0, 0.05) is 6.42 Å². The van der Waals surface area contributed by atoms with E-state index < -0.39 is 29.4 Å². The Labute approximate surface area is 128 Å². The second-order valence-corrected chi connectivity index (χ2v) is 5.24. The zero-order chi connectivity index (χ0) is 16.8. The molecule has 0 aromatic heterocycles.